The minimum atomic E-state index is -4.22. The van der Waals surface area contributed by atoms with Crippen LogP contribution in [0, 0.1) is 5.41 Å². The molecule has 0 saturated carbocycles. The maximum absolute atomic E-state index is 12.2. The number of thioether (sulfide) groups is 1. The molecule has 0 aliphatic carbocycles. The molecule has 0 bridgehead atoms. The summed E-state index contributed by atoms with van der Waals surface area (Å²) in [4.78, 5) is 2.54. The van der Waals surface area contributed by atoms with Crippen LogP contribution in [0.15, 0.2) is 29.2 Å². The van der Waals surface area contributed by atoms with Crippen LogP contribution in [0.3, 0.4) is 0 Å². The molecule has 0 spiro atoms. The van der Waals surface area contributed by atoms with Gasteiger partial charge in [0.2, 0.25) is 0 Å². The summed E-state index contributed by atoms with van der Waals surface area (Å²) in [5, 5.41) is 0. The van der Waals surface area contributed by atoms with E-state index in [0.29, 0.717) is 6.54 Å². The molecule has 0 radical (unpaired) electrons. The Morgan fingerprint density at radius 2 is 1.95 bits per heavy atom. The Labute approximate surface area is 121 Å². The first-order chi connectivity index (χ1) is 9.30. The van der Waals surface area contributed by atoms with Gasteiger partial charge in [-0.2, -0.15) is 13.2 Å². The minimum Gasteiger partial charge on any atom is -0.330 e. The summed E-state index contributed by atoms with van der Waals surface area (Å²) in [6.07, 6.45) is 1.07. The first-order valence-electron chi connectivity index (χ1n) is 6.57. The van der Waals surface area contributed by atoms with Gasteiger partial charge in [-0.25, -0.2) is 0 Å². The van der Waals surface area contributed by atoms with E-state index < -0.39 is 5.51 Å². The zero-order valence-corrected chi connectivity index (χ0v) is 12.2. The van der Waals surface area contributed by atoms with Crippen LogP contribution < -0.4 is 5.73 Å². The third kappa shape index (κ3) is 4.40. The van der Waals surface area contributed by atoms with Crippen molar-refractivity contribution in [3.05, 3.63) is 29.8 Å². The summed E-state index contributed by atoms with van der Waals surface area (Å²) in [5.41, 5.74) is 2.76. The Balaban J connectivity index is 1.92. The van der Waals surface area contributed by atoms with Gasteiger partial charge in [-0.15, -0.1) is 0 Å². The molecule has 1 fully saturated rings. The highest BCUT2D eigenvalue weighted by atomic mass is 32.2. The maximum atomic E-state index is 12.2. The van der Waals surface area contributed by atoms with E-state index >= 15 is 0 Å². The van der Waals surface area contributed by atoms with Crippen LogP contribution in [-0.4, -0.2) is 30.0 Å². The molecule has 1 aliphatic rings. The molecular weight excluding hydrogens is 285 g/mol. The van der Waals surface area contributed by atoms with Crippen LogP contribution in [0.2, 0.25) is 0 Å². The highest BCUT2D eigenvalue weighted by Crippen LogP contribution is 2.37. The molecule has 112 valence electrons. The lowest BCUT2D eigenvalue weighted by Gasteiger charge is -2.22. The van der Waals surface area contributed by atoms with Crippen molar-refractivity contribution in [2.24, 2.45) is 11.1 Å². The van der Waals surface area contributed by atoms with Crippen LogP contribution in [0.25, 0.3) is 0 Å². The molecule has 1 saturated heterocycles. The highest BCUT2D eigenvalue weighted by molar-refractivity contribution is 8.00. The number of halogens is 3. The molecule has 6 heteroatoms. The fraction of sp³-hybridized carbons (Fsp3) is 0.571. The van der Waals surface area contributed by atoms with Crippen molar-refractivity contribution in [2.75, 3.05) is 19.6 Å². The van der Waals surface area contributed by atoms with E-state index in [1.807, 2.05) is 0 Å². The Morgan fingerprint density at radius 3 is 2.45 bits per heavy atom. The van der Waals surface area contributed by atoms with Crippen LogP contribution in [0.5, 0.6) is 0 Å². The summed E-state index contributed by atoms with van der Waals surface area (Å²) in [7, 11) is 0. The van der Waals surface area contributed by atoms with Gasteiger partial charge in [0.1, 0.15) is 0 Å². The number of hydrogen-bond acceptors (Lipinski definition) is 3. The molecule has 1 unspecified atom stereocenters. The van der Waals surface area contributed by atoms with Crippen LogP contribution in [0.1, 0.15) is 18.9 Å². The second-order valence-corrected chi connectivity index (χ2v) is 6.81. The van der Waals surface area contributed by atoms with Gasteiger partial charge in [-0.05, 0) is 54.4 Å². The smallest absolute Gasteiger partial charge is 0.330 e. The Kier molecular flexibility index (Phi) is 4.66. The molecule has 1 atom stereocenters. The Morgan fingerprint density at radius 1 is 1.30 bits per heavy atom. The third-order valence-electron chi connectivity index (χ3n) is 3.69. The molecule has 1 aromatic rings. The zero-order valence-electron chi connectivity index (χ0n) is 11.4. The first kappa shape index (κ1) is 15.7. The van der Waals surface area contributed by atoms with Gasteiger partial charge in [0, 0.05) is 18.0 Å². The topological polar surface area (TPSA) is 29.3 Å². The SMILES string of the molecule is CC1(CN)CCN(Cc2ccc(SC(F)(F)F)cc2)C1. The summed E-state index contributed by atoms with van der Waals surface area (Å²) in [6.45, 7) is 5.56. The predicted molar refractivity (Wildman–Crippen MR) is 75.4 cm³/mol. The molecule has 1 aromatic carbocycles. The number of rotatable bonds is 4. The van der Waals surface area contributed by atoms with Crippen molar-refractivity contribution in [3.63, 3.8) is 0 Å². The van der Waals surface area contributed by atoms with Gasteiger partial charge in [0.15, 0.2) is 0 Å². The van der Waals surface area contributed by atoms with Gasteiger partial charge in [0.05, 0.1) is 0 Å². The second-order valence-electron chi connectivity index (χ2n) is 5.67. The maximum Gasteiger partial charge on any atom is 0.446 e. The molecule has 2 nitrogen and oxygen atoms in total. The van der Waals surface area contributed by atoms with Gasteiger partial charge in [-0.3, -0.25) is 4.90 Å². The summed E-state index contributed by atoms with van der Waals surface area (Å²) < 4.78 is 36.7. The summed E-state index contributed by atoms with van der Waals surface area (Å²) in [6, 6.07) is 6.61. The van der Waals surface area contributed by atoms with E-state index in [2.05, 4.69) is 11.8 Å². The zero-order chi connectivity index (χ0) is 14.8. The van der Waals surface area contributed by atoms with Crippen molar-refractivity contribution in [3.8, 4) is 0 Å². The lowest BCUT2D eigenvalue weighted by atomic mass is 9.90. The van der Waals surface area contributed by atoms with Gasteiger partial charge in [0.25, 0.3) is 0 Å². The van der Waals surface area contributed by atoms with Gasteiger partial charge < -0.3 is 5.73 Å². The molecule has 2 rings (SSSR count). The summed E-state index contributed by atoms with van der Waals surface area (Å²) in [5.74, 6) is 0. The van der Waals surface area contributed by atoms with E-state index in [0.717, 1.165) is 31.6 Å². The molecule has 0 aromatic heterocycles. The van der Waals surface area contributed by atoms with Crippen LogP contribution >= 0.6 is 11.8 Å². The average Bonchev–Trinajstić information content (AvgIpc) is 2.73. The largest absolute Gasteiger partial charge is 0.446 e. The molecule has 1 aliphatic heterocycles. The lowest BCUT2D eigenvalue weighted by Crippen LogP contribution is -2.31. The highest BCUT2D eigenvalue weighted by Gasteiger charge is 2.32. The van der Waals surface area contributed by atoms with Gasteiger partial charge >= 0.3 is 5.51 Å². The predicted octanol–water partition coefficient (Wildman–Crippen LogP) is 3.47. The van der Waals surface area contributed by atoms with E-state index in [-0.39, 0.29) is 22.1 Å². The van der Waals surface area contributed by atoms with Gasteiger partial charge in [-0.1, -0.05) is 19.1 Å². The summed E-state index contributed by atoms with van der Waals surface area (Å²) >= 11 is -0.0746. The number of nitrogens with two attached hydrogens (primary N) is 1. The van der Waals surface area contributed by atoms with E-state index in [1.54, 1.807) is 12.1 Å². The monoisotopic (exact) mass is 304 g/mol. The second kappa shape index (κ2) is 5.95. The molecule has 1 heterocycles. The van der Waals surface area contributed by atoms with Crippen molar-refractivity contribution >= 4 is 11.8 Å². The molecular formula is C14H19F3N2S. The fourth-order valence-electron chi connectivity index (χ4n) is 2.48. The Bertz CT molecular complexity index is 447. The third-order valence-corrected chi connectivity index (χ3v) is 4.43. The number of nitrogens with zero attached hydrogens (tertiary/aromatic N) is 1. The van der Waals surface area contributed by atoms with E-state index in [1.165, 1.54) is 12.1 Å². The lowest BCUT2D eigenvalue weighted by molar-refractivity contribution is -0.0328. The van der Waals surface area contributed by atoms with Crippen LogP contribution in [-0.2, 0) is 6.54 Å². The fourth-order valence-corrected chi connectivity index (χ4v) is 3.02. The molecule has 2 N–H and O–H groups in total. The number of likely N-dealkylation sites (tertiary alicyclic amines) is 1. The van der Waals surface area contributed by atoms with Crippen molar-refractivity contribution in [2.45, 2.75) is 30.3 Å². The normalized spacial score (nSPS) is 24.2. The molecule has 20 heavy (non-hydrogen) atoms. The van der Waals surface area contributed by atoms with Crippen LogP contribution in [0.4, 0.5) is 13.2 Å². The Hall–Kier alpha value is -0.720. The van der Waals surface area contributed by atoms with E-state index in [9.17, 15) is 13.2 Å². The number of hydrogen-bond donors (Lipinski definition) is 1. The van der Waals surface area contributed by atoms with Crippen molar-refractivity contribution in [1.82, 2.24) is 4.90 Å². The van der Waals surface area contributed by atoms with E-state index in [4.69, 9.17) is 5.73 Å². The van der Waals surface area contributed by atoms with Crippen molar-refractivity contribution in [1.29, 1.82) is 0 Å². The number of alkyl halides is 3. The minimum absolute atomic E-state index is 0.0746. The standard InChI is InChI=1S/C14H19F3N2S/c1-13(9-18)6-7-19(10-13)8-11-2-4-12(5-3-11)20-14(15,16)17/h2-5H,6-10,18H2,1H3. The first-order valence-corrected chi connectivity index (χ1v) is 7.38. The van der Waals surface area contributed by atoms with Crippen molar-refractivity contribution < 1.29 is 13.2 Å². The average molecular weight is 304 g/mol. The quantitative estimate of drug-likeness (QED) is 0.864. The number of benzene rings is 1. The molecule has 0 amide bonds.